The molecular formula is C24H23N5S2. The number of rotatable bonds is 5. The van der Waals surface area contributed by atoms with Gasteiger partial charge in [-0.15, -0.1) is 11.3 Å². The molecule has 7 heteroatoms. The van der Waals surface area contributed by atoms with Gasteiger partial charge < -0.3 is 10.2 Å². The van der Waals surface area contributed by atoms with Crippen molar-refractivity contribution >= 4 is 28.7 Å². The molecule has 0 bridgehead atoms. The van der Waals surface area contributed by atoms with Gasteiger partial charge in [0.15, 0.2) is 10.2 Å². The second kappa shape index (κ2) is 8.24. The van der Waals surface area contributed by atoms with Crippen LogP contribution in [-0.2, 0) is 6.54 Å². The van der Waals surface area contributed by atoms with Gasteiger partial charge in [0.25, 0.3) is 0 Å². The van der Waals surface area contributed by atoms with Gasteiger partial charge in [-0.3, -0.25) is 9.55 Å². The molecule has 3 aromatic heterocycles. The fourth-order valence-corrected chi connectivity index (χ4v) is 5.46. The molecule has 31 heavy (non-hydrogen) atoms. The van der Waals surface area contributed by atoms with Crippen molar-refractivity contribution in [3.05, 3.63) is 101 Å². The predicted octanol–water partition coefficient (Wildman–Crippen LogP) is 5.12. The van der Waals surface area contributed by atoms with E-state index < -0.39 is 0 Å². The van der Waals surface area contributed by atoms with Gasteiger partial charge in [0.2, 0.25) is 0 Å². The second-order valence-corrected chi connectivity index (χ2v) is 8.98. The first-order valence-corrected chi connectivity index (χ1v) is 11.5. The average Bonchev–Trinajstić information content (AvgIpc) is 3.49. The number of nitrogens with zero attached hydrogens (tertiary/aromatic N) is 4. The van der Waals surface area contributed by atoms with Gasteiger partial charge in [-0.1, -0.05) is 36.4 Å². The Bertz CT molecular complexity index is 1190. The van der Waals surface area contributed by atoms with Crippen molar-refractivity contribution in [2.45, 2.75) is 32.5 Å². The van der Waals surface area contributed by atoms with Crippen molar-refractivity contribution in [3.8, 4) is 5.13 Å². The largest absolute Gasteiger partial charge is 0.352 e. The van der Waals surface area contributed by atoms with Crippen molar-refractivity contribution < 1.29 is 0 Å². The molecule has 0 saturated carbocycles. The minimum absolute atomic E-state index is 0.0253. The zero-order valence-corrected chi connectivity index (χ0v) is 19.0. The third kappa shape index (κ3) is 3.64. The highest BCUT2D eigenvalue weighted by Gasteiger charge is 2.41. The van der Waals surface area contributed by atoms with E-state index in [0.29, 0.717) is 0 Å². The average molecular weight is 446 g/mol. The van der Waals surface area contributed by atoms with Crippen LogP contribution in [0.1, 0.15) is 40.3 Å². The van der Waals surface area contributed by atoms with E-state index in [4.69, 9.17) is 12.2 Å². The molecule has 5 nitrogen and oxygen atoms in total. The molecule has 0 amide bonds. The van der Waals surface area contributed by atoms with Crippen LogP contribution in [0.25, 0.3) is 5.13 Å². The van der Waals surface area contributed by atoms with Gasteiger partial charge in [-0.2, -0.15) is 0 Å². The molecule has 1 aromatic carbocycles. The lowest BCUT2D eigenvalue weighted by Gasteiger charge is -2.28. The quantitative estimate of drug-likeness (QED) is 0.432. The van der Waals surface area contributed by atoms with Crippen molar-refractivity contribution in [2.24, 2.45) is 0 Å². The number of hydrogen-bond acceptors (Lipinski definition) is 4. The molecule has 4 heterocycles. The number of nitrogens with one attached hydrogen (secondary N) is 1. The van der Waals surface area contributed by atoms with Crippen molar-refractivity contribution in [2.75, 3.05) is 0 Å². The number of aryl methyl sites for hydroxylation is 1. The zero-order valence-electron chi connectivity index (χ0n) is 17.4. The van der Waals surface area contributed by atoms with E-state index in [9.17, 15) is 0 Å². The van der Waals surface area contributed by atoms with Crippen LogP contribution in [0, 0.1) is 13.8 Å². The van der Waals surface area contributed by atoms with Crippen LogP contribution >= 0.6 is 23.6 Å². The van der Waals surface area contributed by atoms with E-state index in [1.54, 1.807) is 11.3 Å². The second-order valence-electron chi connectivity index (χ2n) is 7.72. The van der Waals surface area contributed by atoms with Crippen LogP contribution in [0.2, 0.25) is 0 Å². The predicted molar refractivity (Wildman–Crippen MR) is 128 cm³/mol. The summed E-state index contributed by atoms with van der Waals surface area (Å²) in [5.74, 6) is 0. The summed E-state index contributed by atoms with van der Waals surface area (Å²) in [6.45, 7) is 5.04. The topological polar surface area (TPSA) is 46.0 Å². The molecule has 1 fully saturated rings. The molecule has 5 rings (SSSR count). The monoisotopic (exact) mass is 445 g/mol. The van der Waals surface area contributed by atoms with E-state index in [0.717, 1.165) is 22.5 Å². The Balaban J connectivity index is 1.62. The smallest absolute Gasteiger partial charge is 0.193 e. The first-order chi connectivity index (χ1) is 15.1. The number of hydrogen-bond donors (Lipinski definition) is 1. The SMILES string of the molecule is Cc1cc([C@@H]2[C@H](c3ccccn3)NC(=S)N2Cc2ccccc2)c(C)n1-c1nccs1. The number of aromatic nitrogens is 3. The third-order valence-corrected chi connectivity index (χ3v) is 6.90. The summed E-state index contributed by atoms with van der Waals surface area (Å²) < 4.78 is 2.23. The highest BCUT2D eigenvalue weighted by Crippen LogP contribution is 2.42. The fraction of sp³-hybridized carbons (Fsp3) is 0.208. The first-order valence-electron chi connectivity index (χ1n) is 10.2. The summed E-state index contributed by atoms with van der Waals surface area (Å²) >= 11 is 7.47. The molecule has 4 aromatic rings. The Hall–Kier alpha value is -3.03. The fourth-order valence-electron chi connectivity index (χ4n) is 4.40. The molecule has 156 valence electrons. The minimum Gasteiger partial charge on any atom is -0.352 e. The van der Waals surface area contributed by atoms with E-state index in [1.165, 1.54) is 22.5 Å². The van der Waals surface area contributed by atoms with Gasteiger partial charge in [0.05, 0.1) is 17.8 Å². The normalized spacial score (nSPS) is 18.4. The molecule has 1 aliphatic heterocycles. The molecule has 0 unspecified atom stereocenters. The molecule has 2 atom stereocenters. The standard InChI is InChI=1S/C24H23N5S2/c1-16-14-19(17(2)29(16)24-26-12-13-31-24)22-21(20-10-6-7-11-25-20)27-23(30)28(22)15-18-8-4-3-5-9-18/h3-14,21-22H,15H2,1-2H3,(H,27,30)/t21-,22+/m0/s1. The summed E-state index contributed by atoms with van der Waals surface area (Å²) in [6, 6.07) is 18.8. The van der Waals surface area contributed by atoms with E-state index in [1.807, 2.05) is 36.0 Å². The Kier molecular flexibility index (Phi) is 5.29. The summed E-state index contributed by atoms with van der Waals surface area (Å²) in [5.41, 5.74) is 5.81. The number of thiazole rings is 1. The van der Waals surface area contributed by atoms with Gasteiger partial charge >= 0.3 is 0 Å². The first kappa shape index (κ1) is 19.9. The molecule has 1 saturated heterocycles. The number of pyridine rings is 1. The van der Waals surface area contributed by atoms with Crippen LogP contribution in [0.4, 0.5) is 0 Å². The molecule has 1 aliphatic rings. The highest BCUT2D eigenvalue weighted by atomic mass is 32.1. The molecule has 0 radical (unpaired) electrons. The maximum absolute atomic E-state index is 5.83. The molecule has 0 aliphatic carbocycles. The Morgan fingerprint density at radius 2 is 1.84 bits per heavy atom. The number of thiocarbonyl (C=S) groups is 1. The minimum atomic E-state index is -0.0253. The van der Waals surface area contributed by atoms with E-state index in [2.05, 4.69) is 75.0 Å². The lowest BCUT2D eigenvalue weighted by atomic mass is 9.96. The van der Waals surface area contributed by atoms with Gasteiger partial charge in [-0.25, -0.2) is 4.98 Å². The summed E-state index contributed by atoms with van der Waals surface area (Å²) in [5, 5.41) is 7.30. The van der Waals surface area contributed by atoms with Crippen LogP contribution in [-0.4, -0.2) is 24.5 Å². The van der Waals surface area contributed by atoms with Crippen molar-refractivity contribution in [1.82, 2.24) is 24.8 Å². The summed E-state index contributed by atoms with van der Waals surface area (Å²) in [6.07, 6.45) is 3.69. The van der Waals surface area contributed by atoms with Gasteiger partial charge in [0, 0.05) is 35.7 Å². The van der Waals surface area contributed by atoms with Gasteiger partial charge in [-0.05, 0) is 55.4 Å². The Morgan fingerprint density at radius 3 is 2.55 bits per heavy atom. The van der Waals surface area contributed by atoms with Crippen molar-refractivity contribution in [3.63, 3.8) is 0 Å². The van der Waals surface area contributed by atoms with Crippen LogP contribution in [0.3, 0.4) is 0 Å². The lowest BCUT2D eigenvalue weighted by molar-refractivity contribution is 0.310. The third-order valence-electron chi connectivity index (χ3n) is 5.79. The molecule has 1 N–H and O–H groups in total. The highest BCUT2D eigenvalue weighted by molar-refractivity contribution is 7.80. The van der Waals surface area contributed by atoms with Crippen LogP contribution < -0.4 is 5.32 Å². The van der Waals surface area contributed by atoms with E-state index >= 15 is 0 Å². The summed E-state index contributed by atoms with van der Waals surface area (Å²) in [7, 11) is 0. The zero-order chi connectivity index (χ0) is 21.4. The van der Waals surface area contributed by atoms with Gasteiger partial charge in [0.1, 0.15) is 0 Å². The summed E-state index contributed by atoms with van der Waals surface area (Å²) in [4.78, 5) is 11.5. The maximum Gasteiger partial charge on any atom is 0.193 e. The maximum atomic E-state index is 5.83. The Morgan fingerprint density at radius 1 is 1.03 bits per heavy atom. The van der Waals surface area contributed by atoms with Crippen LogP contribution in [0.5, 0.6) is 0 Å². The Labute approximate surface area is 191 Å². The molecular weight excluding hydrogens is 422 g/mol. The molecule has 0 spiro atoms. The lowest BCUT2D eigenvalue weighted by Crippen LogP contribution is -2.29. The number of benzene rings is 1. The van der Waals surface area contributed by atoms with Crippen molar-refractivity contribution in [1.29, 1.82) is 0 Å². The van der Waals surface area contributed by atoms with Crippen LogP contribution in [0.15, 0.2) is 72.4 Å². The van der Waals surface area contributed by atoms with E-state index in [-0.39, 0.29) is 12.1 Å².